The van der Waals surface area contributed by atoms with Crippen molar-refractivity contribution in [2.45, 2.75) is 0 Å². The highest BCUT2D eigenvalue weighted by molar-refractivity contribution is 6.22. The zero-order chi connectivity index (χ0) is 33.0. The molecular weight excluding hydrogens is 605 g/mol. The molecule has 1 heterocycles. The third-order valence-corrected chi connectivity index (χ3v) is 10.1. The van der Waals surface area contributed by atoms with Crippen LogP contribution in [0.25, 0.3) is 72.0 Å². The Labute approximate surface area is 291 Å². The van der Waals surface area contributed by atoms with Gasteiger partial charge >= 0.3 is 0 Å². The van der Waals surface area contributed by atoms with Crippen LogP contribution in [0.1, 0.15) is 0 Å². The summed E-state index contributed by atoms with van der Waals surface area (Å²) in [5.74, 6) is 0. The first-order valence-corrected chi connectivity index (χ1v) is 17.2. The summed E-state index contributed by atoms with van der Waals surface area (Å²) in [5.41, 5.74) is 15.7. The van der Waals surface area contributed by atoms with Crippen molar-refractivity contribution in [3.8, 4) is 50.3 Å². The Balaban J connectivity index is 1.18. The van der Waals surface area contributed by atoms with Gasteiger partial charge in [0.25, 0.3) is 0 Å². The maximum Gasteiger partial charge on any atom is 0.0626 e. The maximum atomic E-state index is 2.47. The molecule has 234 valence electrons. The molecule has 0 aliphatic heterocycles. The van der Waals surface area contributed by atoms with Crippen LogP contribution in [-0.2, 0) is 0 Å². The van der Waals surface area contributed by atoms with E-state index in [1.54, 1.807) is 0 Å². The topological polar surface area (TPSA) is 8.17 Å². The lowest BCUT2D eigenvalue weighted by Gasteiger charge is -2.26. The van der Waals surface area contributed by atoms with Crippen molar-refractivity contribution in [1.82, 2.24) is 4.57 Å². The molecule has 0 bridgehead atoms. The maximum absolute atomic E-state index is 2.47. The molecule has 0 N–H and O–H groups in total. The van der Waals surface area contributed by atoms with E-state index in [2.05, 4.69) is 204 Å². The molecule has 0 fully saturated rings. The van der Waals surface area contributed by atoms with E-state index < -0.39 is 0 Å². The van der Waals surface area contributed by atoms with Gasteiger partial charge in [0.05, 0.1) is 11.2 Å². The van der Waals surface area contributed by atoms with E-state index in [0.717, 1.165) is 22.7 Å². The van der Waals surface area contributed by atoms with Crippen molar-refractivity contribution < 1.29 is 0 Å². The van der Waals surface area contributed by atoms with Gasteiger partial charge in [0.15, 0.2) is 0 Å². The Morgan fingerprint density at radius 3 is 1.46 bits per heavy atom. The largest absolute Gasteiger partial charge is 0.310 e. The molecular formula is C48H32N2. The number of nitrogens with zero attached hydrogens (tertiary/aromatic N) is 2. The average molecular weight is 637 g/mol. The first kappa shape index (κ1) is 28.4. The molecule has 2 heteroatoms. The fraction of sp³-hybridized carbons (Fsp3) is 0. The Morgan fingerprint density at radius 2 is 0.880 bits per heavy atom. The highest BCUT2D eigenvalue weighted by Crippen LogP contribution is 2.53. The monoisotopic (exact) mass is 636 g/mol. The molecule has 0 spiro atoms. The van der Waals surface area contributed by atoms with Crippen molar-refractivity contribution in [2.24, 2.45) is 0 Å². The molecule has 0 unspecified atom stereocenters. The second-order valence-electron chi connectivity index (χ2n) is 13.0. The number of rotatable bonds is 6. The van der Waals surface area contributed by atoms with Gasteiger partial charge in [0.2, 0.25) is 0 Å². The Morgan fingerprint density at radius 1 is 0.380 bits per heavy atom. The van der Waals surface area contributed by atoms with Crippen LogP contribution in [-0.4, -0.2) is 4.57 Å². The van der Waals surface area contributed by atoms with Gasteiger partial charge in [-0.25, -0.2) is 0 Å². The molecule has 0 amide bonds. The van der Waals surface area contributed by atoms with Crippen molar-refractivity contribution in [3.63, 3.8) is 0 Å². The predicted molar refractivity (Wildman–Crippen MR) is 211 cm³/mol. The smallest absolute Gasteiger partial charge is 0.0626 e. The van der Waals surface area contributed by atoms with Crippen LogP contribution in [0.5, 0.6) is 0 Å². The van der Waals surface area contributed by atoms with Gasteiger partial charge in [-0.1, -0.05) is 146 Å². The number of hydrogen-bond acceptors (Lipinski definition) is 1. The zero-order valence-electron chi connectivity index (χ0n) is 27.4. The van der Waals surface area contributed by atoms with Gasteiger partial charge in [-0.2, -0.15) is 0 Å². The number of para-hydroxylation sites is 1. The molecule has 2 nitrogen and oxygen atoms in total. The third-order valence-electron chi connectivity index (χ3n) is 10.1. The molecule has 50 heavy (non-hydrogen) atoms. The van der Waals surface area contributed by atoms with Crippen LogP contribution >= 0.6 is 0 Å². The molecule has 0 atom stereocenters. The van der Waals surface area contributed by atoms with Gasteiger partial charge in [-0.05, 0) is 87.1 Å². The molecule has 0 saturated heterocycles. The summed E-state index contributed by atoms with van der Waals surface area (Å²) in [6, 6.07) is 70.3. The van der Waals surface area contributed by atoms with Gasteiger partial charge in [-0.15, -0.1) is 0 Å². The number of hydrogen-bond donors (Lipinski definition) is 0. The number of benzene rings is 8. The second kappa shape index (κ2) is 11.5. The summed E-state index contributed by atoms with van der Waals surface area (Å²) < 4.78 is 2.47. The SMILES string of the molecule is c1ccc(-c2ccc(N(c3ccc(-c4ccccc4)cc3)c3ccc4c5c(n(-c6ccccc6)c4c3)-c3cccc4cccc-5c34)cc2)cc1. The quantitative estimate of drug-likeness (QED) is 0.176. The van der Waals surface area contributed by atoms with Crippen molar-refractivity contribution in [1.29, 1.82) is 0 Å². The molecule has 0 saturated carbocycles. The Kier molecular flexibility index (Phi) is 6.53. The summed E-state index contributed by atoms with van der Waals surface area (Å²) in [6.45, 7) is 0. The van der Waals surface area contributed by atoms with Gasteiger partial charge < -0.3 is 9.47 Å². The van der Waals surface area contributed by atoms with Gasteiger partial charge in [0.1, 0.15) is 0 Å². The molecule has 9 aromatic rings. The second-order valence-corrected chi connectivity index (χ2v) is 13.0. The first-order valence-electron chi connectivity index (χ1n) is 17.2. The fourth-order valence-electron chi connectivity index (χ4n) is 7.85. The highest BCUT2D eigenvalue weighted by Gasteiger charge is 2.29. The fourth-order valence-corrected chi connectivity index (χ4v) is 7.85. The lowest BCUT2D eigenvalue weighted by molar-refractivity contribution is 1.14. The first-order chi connectivity index (χ1) is 24.8. The van der Waals surface area contributed by atoms with Crippen LogP contribution in [0.4, 0.5) is 17.1 Å². The third kappa shape index (κ3) is 4.50. The van der Waals surface area contributed by atoms with Crippen molar-refractivity contribution in [3.05, 3.63) is 194 Å². The molecule has 10 rings (SSSR count). The minimum Gasteiger partial charge on any atom is -0.310 e. The Hall–Kier alpha value is -6.64. The Bertz CT molecular complexity index is 2570. The van der Waals surface area contributed by atoms with Gasteiger partial charge in [-0.3, -0.25) is 0 Å². The predicted octanol–water partition coefficient (Wildman–Crippen LogP) is 13.2. The highest BCUT2D eigenvalue weighted by atomic mass is 15.1. The lowest BCUT2D eigenvalue weighted by atomic mass is 10.0. The van der Waals surface area contributed by atoms with E-state index in [1.165, 1.54) is 66.3 Å². The van der Waals surface area contributed by atoms with E-state index in [4.69, 9.17) is 0 Å². The minimum atomic E-state index is 1.11. The molecule has 1 aromatic heterocycles. The summed E-state index contributed by atoms with van der Waals surface area (Å²) in [7, 11) is 0. The van der Waals surface area contributed by atoms with E-state index in [0.29, 0.717) is 0 Å². The summed E-state index contributed by atoms with van der Waals surface area (Å²) >= 11 is 0. The molecule has 1 aliphatic carbocycles. The van der Waals surface area contributed by atoms with Crippen LogP contribution in [0, 0.1) is 0 Å². The van der Waals surface area contributed by atoms with Gasteiger partial charge in [0, 0.05) is 39.3 Å². The van der Waals surface area contributed by atoms with Crippen LogP contribution < -0.4 is 4.90 Å². The van der Waals surface area contributed by atoms with Crippen LogP contribution in [0.2, 0.25) is 0 Å². The van der Waals surface area contributed by atoms with Crippen LogP contribution in [0.3, 0.4) is 0 Å². The standard InChI is InChI=1S/C48H32N2/c1-4-12-33(13-5-1)35-22-26-39(27-23-35)49(40-28-24-36(25-29-40)34-14-6-2-7-15-34)41-30-31-42-45(32-41)50(38-18-8-3-9-19-38)48-44-21-11-17-37-16-10-20-43(46(37)44)47(42)48/h1-32H. The summed E-state index contributed by atoms with van der Waals surface area (Å²) in [6.07, 6.45) is 0. The summed E-state index contributed by atoms with van der Waals surface area (Å²) in [5, 5.41) is 3.88. The minimum absolute atomic E-state index is 1.11. The van der Waals surface area contributed by atoms with Crippen LogP contribution in [0.15, 0.2) is 194 Å². The summed E-state index contributed by atoms with van der Waals surface area (Å²) in [4.78, 5) is 2.38. The number of anilines is 3. The lowest BCUT2D eigenvalue weighted by Crippen LogP contribution is -2.10. The molecule has 8 aromatic carbocycles. The average Bonchev–Trinajstić information content (AvgIpc) is 3.70. The van der Waals surface area contributed by atoms with E-state index in [9.17, 15) is 0 Å². The number of aromatic nitrogens is 1. The van der Waals surface area contributed by atoms with Crippen molar-refractivity contribution >= 4 is 38.7 Å². The zero-order valence-corrected chi connectivity index (χ0v) is 27.4. The van der Waals surface area contributed by atoms with E-state index >= 15 is 0 Å². The molecule has 1 aliphatic rings. The van der Waals surface area contributed by atoms with E-state index in [-0.39, 0.29) is 0 Å². The number of fused-ring (bicyclic) bond motifs is 5. The van der Waals surface area contributed by atoms with E-state index in [1.807, 2.05) is 0 Å². The normalized spacial score (nSPS) is 11.6. The van der Waals surface area contributed by atoms with Crippen molar-refractivity contribution in [2.75, 3.05) is 4.90 Å². The molecule has 0 radical (unpaired) electrons.